The molecule has 0 fully saturated rings. The molecule has 0 radical (unpaired) electrons. The predicted octanol–water partition coefficient (Wildman–Crippen LogP) is 4.60. The van der Waals surface area contributed by atoms with E-state index < -0.39 is 28.1 Å². The maximum Gasteiger partial charge on any atom is 0.420 e. The van der Waals surface area contributed by atoms with Crippen molar-refractivity contribution in [3.8, 4) is 11.5 Å². The number of nitro groups is 1. The van der Waals surface area contributed by atoms with Crippen LogP contribution in [-0.4, -0.2) is 4.92 Å². The molecule has 0 aliphatic carbocycles. The summed E-state index contributed by atoms with van der Waals surface area (Å²) in [5.41, 5.74) is 5.39. The van der Waals surface area contributed by atoms with E-state index in [2.05, 4.69) is 0 Å². The minimum atomic E-state index is -4.78. The summed E-state index contributed by atoms with van der Waals surface area (Å²) in [6, 6.07) is 5.50. The second-order valence-corrected chi connectivity index (χ2v) is 5.02. The molecule has 0 aliphatic heterocycles. The Hall–Kier alpha value is -2.77. The van der Waals surface area contributed by atoms with Crippen LogP contribution in [0, 0.1) is 24.0 Å². The lowest BCUT2D eigenvalue weighted by Gasteiger charge is -2.16. The van der Waals surface area contributed by atoms with Crippen molar-refractivity contribution < 1.29 is 22.8 Å². The lowest BCUT2D eigenvalue weighted by atomic mass is 10.1. The van der Waals surface area contributed by atoms with Crippen LogP contribution in [0.2, 0.25) is 0 Å². The predicted molar refractivity (Wildman–Crippen MR) is 78.5 cm³/mol. The number of non-ortho nitro benzene ring substituents is 1. The van der Waals surface area contributed by atoms with Gasteiger partial charge in [-0.05, 0) is 43.2 Å². The molecule has 8 heteroatoms. The molecule has 0 atom stereocenters. The molecule has 0 bridgehead atoms. The number of hydrogen-bond donors (Lipinski definition) is 1. The molecule has 0 aromatic heterocycles. The van der Waals surface area contributed by atoms with Crippen molar-refractivity contribution in [2.24, 2.45) is 0 Å². The molecule has 0 spiro atoms. The van der Waals surface area contributed by atoms with Crippen molar-refractivity contribution >= 4 is 11.4 Å². The first-order valence-electron chi connectivity index (χ1n) is 6.50. The van der Waals surface area contributed by atoms with Gasteiger partial charge in [0.1, 0.15) is 17.1 Å². The summed E-state index contributed by atoms with van der Waals surface area (Å²) in [4.78, 5) is 9.79. The molecule has 0 unspecified atom stereocenters. The van der Waals surface area contributed by atoms with E-state index in [1.54, 1.807) is 26.0 Å². The smallest absolute Gasteiger partial charge is 0.420 e. The van der Waals surface area contributed by atoms with Crippen LogP contribution < -0.4 is 10.5 Å². The fraction of sp³-hybridized carbons (Fsp3) is 0.200. The van der Waals surface area contributed by atoms with Gasteiger partial charge in [0.05, 0.1) is 4.92 Å². The average molecular weight is 326 g/mol. The third-order valence-corrected chi connectivity index (χ3v) is 3.17. The Morgan fingerprint density at radius 2 is 1.70 bits per heavy atom. The minimum Gasteiger partial charge on any atom is -0.456 e. The van der Waals surface area contributed by atoms with Crippen LogP contribution in [0.15, 0.2) is 30.3 Å². The molecule has 2 N–H and O–H groups in total. The fourth-order valence-electron chi connectivity index (χ4n) is 2.20. The van der Waals surface area contributed by atoms with Crippen molar-refractivity contribution in [1.29, 1.82) is 0 Å². The standard InChI is InChI=1S/C15H13F3N2O3/c1-8-5-10(19)6-9(2)14(8)23-13-4-3-11(20(21)22)7-12(13)15(16,17)18/h3-7H,19H2,1-2H3. The zero-order valence-corrected chi connectivity index (χ0v) is 12.3. The fourth-order valence-corrected chi connectivity index (χ4v) is 2.20. The van der Waals surface area contributed by atoms with Gasteiger partial charge in [-0.1, -0.05) is 0 Å². The summed E-state index contributed by atoms with van der Waals surface area (Å²) in [7, 11) is 0. The van der Waals surface area contributed by atoms with Gasteiger partial charge in [-0.25, -0.2) is 0 Å². The number of benzene rings is 2. The largest absolute Gasteiger partial charge is 0.456 e. The van der Waals surface area contributed by atoms with E-state index in [1.165, 1.54) is 0 Å². The lowest BCUT2D eigenvalue weighted by Crippen LogP contribution is -2.08. The number of alkyl halides is 3. The molecular formula is C15H13F3N2O3. The average Bonchev–Trinajstić information content (AvgIpc) is 2.41. The van der Waals surface area contributed by atoms with Crippen molar-refractivity contribution in [3.63, 3.8) is 0 Å². The molecule has 0 heterocycles. The van der Waals surface area contributed by atoms with E-state index in [0.717, 1.165) is 12.1 Å². The van der Waals surface area contributed by atoms with Gasteiger partial charge in [0.15, 0.2) is 0 Å². The Morgan fingerprint density at radius 3 is 2.17 bits per heavy atom. The van der Waals surface area contributed by atoms with Crippen LogP contribution in [-0.2, 0) is 6.18 Å². The van der Waals surface area contributed by atoms with Crippen LogP contribution in [0.25, 0.3) is 0 Å². The van der Waals surface area contributed by atoms with Crippen LogP contribution in [0.5, 0.6) is 11.5 Å². The first kappa shape index (κ1) is 16.6. The quantitative estimate of drug-likeness (QED) is 0.508. The Bertz CT molecular complexity index is 750. The Kier molecular flexibility index (Phi) is 4.18. The number of nitrogen functional groups attached to an aromatic ring is 1. The number of ether oxygens (including phenoxy) is 1. The van der Waals surface area contributed by atoms with E-state index in [4.69, 9.17) is 10.5 Å². The first-order valence-corrected chi connectivity index (χ1v) is 6.50. The van der Waals surface area contributed by atoms with Crippen molar-refractivity contribution in [3.05, 3.63) is 57.1 Å². The van der Waals surface area contributed by atoms with E-state index in [-0.39, 0.29) is 5.75 Å². The molecule has 0 amide bonds. The summed E-state index contributed by atoms with van der Waals surface area (Å²) < 4.78 is 44.8. The highest BCUT2D eigenvalue weighted by atomic mass is 19.4. The van der Waals surface area contributed by atoms with Crippen LogP contribution in [0.3, 0.4) is 0 Å². The summed E-state index contributed by atoms with van der Waals surface area (Å²) in [6.07, 6.45) is -4.78. The third-order valence-electron chi connectivity index (χ3n) is 3.17. The maximum absolute atomic E-state index is 13.1. The topological polar surface area (TPSA) is 78.4 Å². The van der Waals surface area contributed by atoms with E-state index in [0.29, 0.717) is 22.9 Å². The molecule has 0 saturated carbocycles. The molecule has 0 saturated heterocycles. The highest BCUT2D eigenvalue weighted by molar-refractivity contribution is 5.55. The van der Waals surface area contributed by atoms with Crippen molar-refractivity contribution in [2.75, 3.05) is 5.73 Å². The Morgan fingerprint density at radius 1 is 1.13 bits per heavy atom. The Balaban J connectivity index is 2.54. The Labute approximate surface area is 129 Å². The number of nitrogens with zero attached hydrogens (tertiary/aromatic N) is 1. The maximum atomic E-state index is 13.1. The third kappa shape index (κ3) is 3.53. The SMILES string of the molecule is Cc1cc(N)cc(C)c1Oc1ccc([N+](=O)[O-])cc1C(F)(F)F. The normalized spacial score (nSPS) is 11.3. The minimum absolute atomic E-state index is 0.235. The number of aryl methyl sites for hydroxylation is 2. The number of nitro benzene ring substituents is 1. The van der Waals surface area contributed by atoms with E-state index >= 15 is 0 Å². The highest BCUT2D eigenvalue weighted by Gasteiger charge is 2.36. The summed E-state index contributed by atoms with van der Waals surface area (Å²) in [6.45, 7) is 3.30. The van der Waals surface area contributed by atoms with Gasteiger partial charge >= 0.3 is 6.18 Å². The number of nitrogens with two attached hydrogens (primary N) is 1. The molecule has 2 rings (SSSR count). The van der Waals surface area contributed by atoms with Gasteiger partial charge in [-0.3, -0.25) is 10.1 Å². The van der Waals surface area contributed by atoms with Gasteiger partial charge in [0.25, 0.3) is 5.69 Å². The monoisotopic (exact) mass is 326 g/mol. The molecule has 23 heavy (non-hydrogen) atoms. The molecule has 0 aliphatic rings. The zero-order valence-electron chi connectivity index (χ0n) is 12.3. The molecule has 122 valence electrons. The number of hydrogen-bond acceptors (Lipinski definition) is 4. The first-order chi connectivity index (χ1) is 10.6. The van der Waals surface area contributed by atoms with Crippen molar-refractivity contribution in [2.45, 2.75) is 20.0 Å². The lowest BCUT2D eigenvalue weighted by molar-refractivity contribution is -0.385. The number of anilines is 1. The molecule has 2 aromatic rings. The summed E-state index contributed by atoms with van der Waals surface area (Å²) >= 11 is 0. The van der Waals surface area contributed by atoms with Gasteiger partial charge in [0, 0.05) is 17.8 Å². The van der Waals surface area contributed by atoms with Gasteiger partial charge < -0.3 is 10.5 Å². The van der Waals surface area contributed by atoms with Crippen LogP contribution >= 0.6 is 0 Å². The number of rotatable bonds is 3. The van der Waals surface area contributed by atoms with E-state index in [9.17, 15) is 23.3 Å². The summed E-state index contributed by atoms with van der Waals surface area (Å²) in [5.74, 6) is -0.266. The highest BCUT2D eigenvalue weighted by Crippen LogP contribution is 2.41. The summed E-state index contributed by atoms with van der Waals surface area (Å²) in [5, 5.41) is 10.7. The van der Waals surface area contributed by atoms with Crippen molar-refractivity contribution in [1.82, 2.24) is 0 Å². The van der Waals surface area contributed by atoms with Gasteiger partial charge in [-0.15, -0.1) is 0 Å². The second-order valence-electron chi connectivity index (χ2n) is 5.02. The molecule has 5 nitrogen and oxygen atoms in total. The second kappa shape index (κ2) is 5.79. The van der Waals surface area contributed by atoms with Crippen LogP contribution in [0.1, 0.15) is 16.7 Å². The zero-order chi connectivity index (χ0) is 17.4. The molecular weight excluding hydrogens is 313 g/mol. The number of halogens is 3. The van der Waals surface area contributed by atoms with Gasteiger partial charge in [-0.2, -0.15) is 13.2 Å². The van der Waals surface area contributed by atoms with Gasteiger partial charge in [0.2, 0.25) is 0 Å². The van der Waals surface area contributed by atoms with E-state index in [1.807, 2.05) is 0 Å². The molecule has 2 aromatic carbocycles. The van der Waals surface area contributed by atoms with Crippen LogP contribution in [0.4, 0.5) is 24.5 Å².